The third-order valence-corrected chi connectivity index (χ3v) is 2.41. The van der Waals surface area contributed by atoms with Crippen molar-refractivity contribution in [3.8, 4) is 5.75 Å². The van der Waals surface area contributed by atoms with E-state index in [1.165, 1.54) is 0 Å². The van der Waals surface area contributed by atoms with Crippen LogP contribution in [0.4, 0.5) is 0 Å². The molecule has 0 aliphatic rings. The van der Waals surface area contributed by atoms with E-state index in [1.54, 1.807) is 24.3 Å². The van der Waals surface area contributed by atoms with Crippen LogP contribution in [-0.4, -0.2) is 57.3 Å². The molecule has 118 valence electrons. The molecule has 21 heavy (non-hydrogen) atoms. The van der Waals surface area contributed by atoms with Gasteiger partial charge in [-0.15, -0.1) is 0 Å². The van der Waals surface area contributed by atoms with Crippen LogP contribution in [-0.2, 0) is 19.0 Å². The largest absolute Gasteiger partial charge is 0.426 e. The molecular formula is C15H22O6. The summed E-state index contributed by atoms with van der Waals surface area (Å²) in [7, 11) is 0. The van der Waals surface area contributed by atoms with E-state index < -0.39 is 0 Å². The van der Waals surface area contributed by atoms with E-state index in [1.807, 2.05) is 6.07 Å². The van der Waals surface area contributed by atoms with Crippen molar-refractivity contribution in [3.05, 3.63) is 30.3 Å². The number of para-hydroxylation sites is 1. The summed E-state index contributed by atoms with van der Waals surface area (Å²) in [5.74, 6) is 0.216. The number of benzene rings is 1. The van der Waals surface area contributed by atoms with Gasteiger partial charge in [0.05, 0.1) is 52.7 Å². The first kappa shape index (κ1) is 17.6. The van der Waals surface area contributed by atoms with Gasteiger partial charge >= 0.3 is 5.97 Å². The Bertz CT molecular complexity index is 368. The number of hydrogen-bond donors (Lipinski definition) is 1. The summed E-state index contributed by atoms with van der Waals surface area (Å²) < 4.78 is 20.6. The molecule has 6 heteroatoms. The van der Waals surface area contributed by atoms with Crippen LogP contribution in [0.3, 0.4) is 0 Å². The lowest BCUT2D eigenvalue weighted by molar-refractivity contribution is -0.135. The number of aliphatic hydroxyl groups excluding tert-OH is 1. The lowest BCUT2D eigenvalue weighted by atomic mass is 10.3. The Labute approximate surface area is 124 Å². The van der Waals surface area contributed by atoms with Gasteiger partial charge in [0.25, 0.3) is 0 Å². The topological polar surface area (TPSA) is 74.2 Å². The number of aliphatic hydroxyl groups is 1. The average Bonchev–Trinajstić information content (AvgIpc) is 2.50. The highest BCUT2D eigenvalue weighted by atomic mass is 16.6. The van der Waals surface area contributed by atoms with Gasteiger partial charge in [-0.25, -0.2) is 0 Å². The maximum Gasteiger partial charge on any atom is 0.313 e. The van der Waals surface area contributed by atoms with Crippen molar-refractivity contribution in [2.45, 2.75) is 6.42 Å². The molecule has 0 heterocycles. The Morgan fingerprint density at radius 1 is 0.857 bits per heavy atom. The lowest BCUT2D eigenvalue weighted by Crippen LogP contribution is -2.14. The Morgan fingerprint density at radius 2 is 1.43 bits per heavy atom. The number of carbonyl (C=O) groups excluding carboxylic acids is 1. The highest BCUT2D eigenvalue weighted by molar-refractivity contribution is 5.72. The molecule has 0 atom stereocenters. The minimum absolute atomic E-state index is 0.0161. The summed E-state index contributed by atoms with van der Waals surface area (Å²) in [6.45, 7) is 2.40. The molecule has 0 saturated heterocycles. The summed E-state index contributed by atoms with van der Waals surface area (Å²) in [6.07, 6.45) is 0.203. The minimum Gasteiger partial charge on any atom is -0.426 e. The number of ether oxygens (including phenoxy) is 4. The van der Waals surface area contributed by atoms with Crippen LogP contribution in [0.1, 0.15) is 6.42 Å². The number of carbonyl (C=O) groups is 1. The summed E-state index contributed by atoms with van der Waals surface area (Å²) in [5, 5.41) is 8.48. The molecule has 0 saturated carbocycles. The van der Waals surface area contributed by atoms with Gasteiger partial charge in [0.2, 0.25) is 0 Å². The second kappa shape index (κ2) is 12.3. The molecule has 0 spiro atoms. The predicted octanol–water partition coefficient (Wildman–Crippen LogP) is 1.02. The van der Waals surface area contributed by atoms with E-state index in [-0.39, 0.29) is 19.0 Å². The van der Waals surface area contributed by atoms with Crippen LogP contribution in [0, 0.1) is 0 Å². The maximum absolute atomic E-state index is 11.5. The highest BCUT2D eigenvalue weighted by Crippen LogP contribution is 2.08. The van der Waals surface area contributed by atoms with E-state index in [9.17, 15) is 4.79 Å². The molecule has 1 aromatic rings. The van der Waals surface area contributed by atoms with E-state index in [4.69, 9.17) is 24.1 Å². The summed E-state index contributed by atoms with van der Waals surface area (Å²) in [6, 6.07) is 8.92. The van der Waals surface area contributed by atoms with Gasteiger partial charge in [0, 0.05) is 0 Å². The molecular weight excluding hydrogens is 276 g/mol. The normalized spacial score (nSPS) is 10.5. The van der Waals surface area contributed by atoms with Gasteiger partial charge < -0.3 is 24.1 Å². The third-order valence-electron chi connectivity index (χ3n) is 2.41. The van der Waals surface area contributed by atoms with Crippen molar-refractivity contribution in [2.75, 3.05) is 46.2 Å². The standard InChI is InChI=1S/C15H22O6/c16-7-9-19-11-13-20-12-10-18-8-6-15(17)21-14-4-2-1-3-5-14/h1-5,16H,6-13H2. The summed E-state index contributed by atoms with van der Waals surface area (Å²) in [4.78, 5) is 11.5. The van der Waals surface area contributed by atoms with Crippen molar-refractivity contribution in [1.82, 2.24) is 0 Å². The second-order valence-corrected chi connectivity index (χ2v) is 4.10. The molecule has 0 amide bonds. The highest BCUT2D eigenvalue weighted by Gasteiger charge is 2.04. The van der Waals surface area contributed by atoms with Crippen LogP contribution in [0.15, 0.2) is 30.3 Å². The predicted molar refractivity (Wildman–Crippen MR) is 76.2 cm³/mol. The van der Waals surface area contributed by atoms with Gasteiger partial charge in [-0.05, 0) is 12.1 Å². The van der Waals surface area contributed by atoms with Crippen molar-refractivity contribution in [2.24, 2.45) is 0 Å². The Balaban J connectivity index is 1.89. The van der Waals surface area contributed by atoms with E-state index in [0.29, 0.717) is 45.4 Å². The zero-order chi connectivity index (χ0) is 15.2. The summed E-state index contributed by atoms with van der Waals surface area (Å²) in [5.41, 5.74) is 0. The van der Waals surface area contributed by atoms with Crippen molar-refractivity contribution < 1.29 is 28.8 Å². The van der Waals surface area contributed by atoms with Crippen LogP contribution in [0.2, 0.25) is 0 Å². The molecule has 0 unspecified atom stereocenters. The maximum atomic E-state index is 11.5. The number of rotatable bonds is 12. The summed E-state index contributed by atoms with van der Waals surface area (Å²) >= 11 is 0. The SMILES string of the molecule is O=C(CCOCCOCCOCCO)Oc1ccccc1. The van der Waals surface area contributed by atoms with Gasteiger partial charge in [-0.2, -0.15) is 0 Å². The quantitative estimate of drug-likeness (QED) is 0.353. The monoisotopic (exact) mass is 298 g/mol. The van der Waals surface area contributed by atoms with Crippen LogP contribution >= 0.6 is 0 Å². The van der Waals surface area contributed by atoms with Gasteiger partial charge in [-0.3, -0.25) is 4.79 Å². The Hall–Kier alpha value is -1.47. The van der Waals surface area contributed by atoms with Crippen LogP contribution < -0.4 is 4.74 Å². The molecule has 0 aromatic heterocycles. The first-order chi connectivity index (χ1) is 10.3. The molecule has 0 aliphatic heterocycles. The van der Waals surface area contributed by atoms with Crippen LogP contribution in [0.25, 0.3) is 0 Å². The van der Waals surface area contributed by atoms with Gasteiger partial charge in [-0.1, -0.05) is 18.2 Å². The zero-order valence-electron chi connectivity index (χ0n) is 12.0. The van der Waals surface area contributed by atoms with E-state index in [0.717, 1.165) is 0 Å². The van der Waals surface area contributed by atoms with Gasteiger partial charge in [0.15, 0.2) is 0 Å². The molecule has 1 N–H and O–H groups in total. The molecule has 1 rings (SSSR count). The zero-order valence-corrected chi connectivity index (χ0v) is 12.0. The molecule has 0 aliphatic carbocycles. The van der Waals surface area contributed by atoms with Crippen LogP contribution in [0.5, 0.6) is 5.75 Å². The molecule has 0 radical (unpaired) electrons. The lowest BCUT2D eigenvalue weighted by Gasteiger charge is -2.06. The molecule has 1 aromatic carbocycles. The van der Waals surface area contributed by atoms with Gasteiger partial charge in [0.1, 0.15) is 5.75 Å². The Morgan fingerprint density at radius 3 is 2.05 bits per heavy atom. The number of hydrogen-bond acceptors (Lipinski definition) is 6. The van der Waals surface area contributed by atoms with E-state index in [2.05, 4.69) is 0 Å². The van der Waals surface area contributed by atoms with E-state index >= 15 is 0 Å². The molecule has 0 fully saturated rings. The third kappa shape index (κ3) is 9.97. The minimum atomic E-state index is -0.320. The van der Waals surface area contributed by atoms with Crippen molar-refractivity contribution in [1.29, 1.82) is 0 Å². The fourth-order valence-corrected chi connectivity index (χ4v) is 1.43. The van der Waals surface area contributed by atoms with Crippen molar-refractivity contribution >= 4 is 5.97 Å². The fourth-order valence-electron chi connectivity index (χ4n) is 1.43. The Kier molecular flexibility index (Phi) is 10.3. The average molecular weight is 298 g/mol. The molecule has 0 bridgehead atoms. The molecule has 6 nitrogen and oxygen atoms in total. The fraction of sp³-hybridized carbons (Fsp3) is 0.533. The second-order valence-electron chi connectivity index (χ2n) is 4.10. The number of esters is 1. The van der Waals surface area contributed by atoms with Crippen molar-refractivity contribution in [3.63, 3.8) is 0 Å². The first-order valence-corrected chi connectivity index (χ1v) is 6.92. The first-order valence-electron chi connectivity index (χ1n) is 6.92. The smallest absolute Gasteiger partial charge is 0.313 e.